The number of carbonyl (C=O) groups excluding carboxylic acids is 1. The Hall–Kier alpha value is -2.36. The number of ether oxygens (including phenoxy) is 2. The van der Waals surface area contributed by atoms with Crippen molar-refractivity contribution >= 4 is 32.6 Å². The molecule has 8 nitrogen and oxygen atoms in total. The first-order valence-electron chi connectivity index (χ1n) is 8.41. The molecule has 2 heterocycles. The zero-order valence-electron chi connectivity index (χ0n) is 14.9. The fourth-order valence-electron chi connectivity index (χ4n) is 2.42. The third kappa shape index (κ3) is 4.43. The zero-order valence-corrected chi connectivity index (χ0v) is 15.7. The van der Waals surface area contributed by atoms with Crippen molar-refractivity contribution < 1.29 is 14.3 Å². The first-order valence-corrected chi connectivity index (χ1v) is 9.22. The highest BCUT2D eigenvalue weighted by molar-refractivity contribution is 7.22. The monoisotopic (exact) mass is 375 g/mol. The number of hydrogen-bond acceptors (Lipinski definition) is 7. The van der Waals surface area contributed by atoms with Gasteiger partial charge in [-0.15, -0.1) is 5.10 Å². The number of thiazole rings is 1. The quantitative estimate of drug-likeness (QED) is 0.609. The van der Waals surface area contributed by atoms with Crippen LogP contribution in [-0.4, -0.2) is 45.4 Å². The maximum absolute atomic E-state index is 12.4. The van der Waals surface area contributed by atoms with E-state index >= 15 is 0 Å². The first kappa shape index (κ1) is 18.4. The molecule has 0 aliphatic rings. The number of aromatic nitrogens is 4. The Bertz CT molecular complexity index is 886. The maximum atomic E-state index is 12.4. The maximum Gasteiger partial charge on any atom is 0.279 e. The number of benzene rings is 1. The van der Waals surface area contributed by atoms with Gasteiger partial charge in [0.2, 0.25) is 0 Å². The highest BCUT2D eigenvalue weighted by atomic mass is 32.1. The summed E-state index contributed by atoms with van der Waals surface area (Å²) in [5.41, 5.74) is 2.23. The van der Waals surface area contributed by atoms with Crippen molar-refractivity contribution in [3.05, 3.63) is 35.7 Å². The molecule has 26 heavy (non-hydrogen) atoms. The van der Waals surface area contributed by atoms with Gasteiger partial charge >= 0.3 is 0 Å². The lowest BCUT2D eigenvalue weighted by atomic mass is 10.2. The van der Waals surface area contributed by atoms with Gasteiger partial charge in [0, 0.05) is 13.2 Å². The zero-order chi connectivity index (χ0) is 18.5. The molecule has 0 aliphatic carbocycles. The van der Waals surface area contributed by atoms with E-state index < -0.39 is 6.29 Å². The van der Waals surface area contributed by atoms with Gasteiger partial charge < -0.3 is 9.47 Å². The number of rotatable bonds is 8. The van der Waals surface area contributed by atoms with E-state index in [4.69, 9.17) is 9.47 Å². The molecule has 0 fully saturated rings. The number of anilines is 1. The second-order valence-corrected chi connectivity index (χ2v) is 6.64. The summed E-state index contributed by atoms with van der Waals surface area (Å²) >= 11 is 1.43. The van der Waals surface area contributed by atoms with Crippen molar-refractivity contribution in [1.82, 2.24) is 20.0 Å². The van der Waals surface area contributed by atoms with Gasteiger partial charge in [-0.2, -0.15) is 0 Å². The highest BCUT2D eigenvalue weighted by Crippen LogP contribution is 2.26. The molecule has 0 bridgehead atoms. The van der Waals surface area contributed by atoms with E-state index in [0.717, 1.165) is 15.8 Å². The predicted octanol–water partition coefficient (Wildman–Crippen LogP) is 2.85. The molecule has 0 saturated heterocycles. The molecule has 0 saturated carbocycles. The Morgan fingerprint density at radius 2 is 2.08 bits per heavy atom. The number of hydrogen-bond donors (Lipinski definition) is 1. The van der Waals surface area contributed by atoms with Crippen LogP contribution in [0.5, 0.6) is 0 Å². The minimum Gasteiger partial charge on any atom is -0.351 e. The Morgan fingerprint density at radius 3 is 2.81 bits per heavy atom. The van der Waals surface area contributed by atoms with Crippen LogP contribution in [0.3, 0.4) is 0 Å². The molecule has 0 atom stereocenters. The van der Waals surface area contributed by atoms with E-state index in [9.17, 15) is 4.79 Å². The van der Waals surface area contributed by atoms with Gasteiger partial charge in [0.15, 0.2) is 17.1 Å². The minimum atomic E-state index is -0.421. The smallest absolute Gasteiger partial charge is 0.279 e. The minimum absolute atomic E-state index is 0.215. The van der Waals surface area contributed by atoms with Crippen LogP contribution in [-0.2, 0) is 16.0 Å². The molecule has 1 aromatic carbocycles. The molecule has 0 unspecified atom stereocenters. The summed E-state index contributed by atoms with van der Waals surface area (Å²) in [4.78, 5) is 16.8. The van der Waals surface area contributed by atoms with E-state index in [2.05, 4.69) is 20.6 Å². The standard InChI is InChI=1S/C17H21N5O3S/c1-4-24-15(25-5-2)10-22-9-13(20-21-22)16(23)19-17-18-12-7-6-11(3)8-14(12)26-17/h6-9,15H,4-5,10H2,1-3H3,(H,18,19,23). The molecule has 1 amide bonds. The van der Waals surface area contributed by atoms with E-state index in [1.807, 2.05) is 39.0 Å². The third-order valence-corrected chi connectivity index (χ3v) is 4.51. The topological polar surface area (TPSA) is 91.2 Å². The van der Waals surface area contributed by atoms with Crippen LogP contribution in [0.1, 0.15) is 29.9 Å². The van der Waals surface area contributed by atoms with Gasteiger partial charge in [0.05, 0.1) is 23.0 Å². The van der Waals surface area contributed by atoms with Crippen LogP contribution < -0.4 is 5.32 Å². The number of nitrogens with zero attached hydrogens (tertiary/aromatic N) is 4. The highest BCUT2D eigenvalue weighted by Gasteiger charge is 2.16. The molecule has 3 rings (SSSR count). The Balaban J connectivity index is 1.67. The van der Waals surface area contributed by atoms with Crippen molar-refractivity contribution in [1.29, 1.82) is 0 Å². The van der Waals surface area contributed by atoms with Gasteiger partial charge in [-0.1, -0.05) is 22.6 Å². The van der Waals surface area contributed by atoms with Gasteiger partial charge in [-0.05, 0) is 38.5 Å². The predicted molar refractivity (Wildman–Crippen MR) is 99.4 cm³/mol. The Morgan fingerprint density at radius 1 is 1.31 bits per heavy atom. The van der Waals surface area contributed by atoms with Gasteiger partial charge in [-0.3, -0.25) is 10.1 Å². The largest absolute Gasteiger partial charge is 0.351 e. The van der Waals surface area contributed by atoms with Gasteiger partial charge in [0.25, 0.3) is 5.91 Å². The Labute approximate surface area is 155 Å². The summed E-state index contributed by atoms with van der Waals surface area (Å²) in [6, 6.07) is 5.97. The van der Waals surface area contributed by atoms with Crippen LogP contribution in [0.25, 0.3) is 10.2 Å². The van der Waals surface area contributed by atoms with Crippen LogP contribution in [0.15, 0.2) is 24.4 Å². The first-order chi connectivity index (χ1) is 12.6. The van der Waals surface area contributed by atoms with Gasteiger partial charge in [0.1, 0.15) is 0 Å². The summed E-state index contributed by atoms with van der Waals surface area (Å²) in [5.74, 6) is -0.351. The molecule has 0 spiro atoms. The molecule has 0 radical (unpaired) electrons. The van der Waals surface area contributed by atoms with Crippen molar-refractivity contribution in [2.24, 2.45) is 0 Å². The van der Waals surface area contributed by atoms with Crippen molar-refractivity contribution in [2.75, 3.05) is 18.5 Å². The molecule has 2 aromatic heterocycles. The van der Waals surface area contributed by atoms with Crippen LogP contribution in [0.2, 0.25) is 0 Å². The van der Waals surface area contributed by atoms with E-state index in [1.165, 1.54) is 16.0 Å². The second-order valence-electron chi connectivity index (χ2n) is 5.61. The van der Waals surface area contributed by atoms with E-state index in [-0.39, 0.29) is 11.6 Å². The fraction of sp³-hybridized carbons (Fsp3) is 0.412. The van der Waals surface area contributed by atoms with E-state index in [1.54, 1.807) is 6.20 Å². The number of fused-ring (bicyclic) bond motifs is 1. The SMILES string of the molecule is CCOC(Cn1cc(C(=O)Nc2nc3ccc(C)cc3s2)nn1)OCC. The van der Waals surface area contributed by atoms with Crippen molar-refractivity contribution in [2.45, 2.75) is 33.6 Å². The summed E-state index contributed by atoms with van der Waals surface area (Å²) in [5, 5.41) is 11.2. The average molecular weight is 375 g/mol. The fourth-order valence-corrected chi connectivity index (χ4v) is 3.38. The summed E-state index contributed by atoms with van der Waals surface area (Å²) in [7, 11) is 0. The number of aryl methyl sites for hydroxylation is 1. The lowest BCUT2D eigenvalue weighted by Gasteiger charge is -2.16. The summed E-state index contributed by atoms with van der Waals surface area (Å²) < 4.78 is 13.5. The molecule has 1 N–H and O–H groups in total. The summed E-state index contributed by atoms with van der Waals surface area (Å²) in [6.07, 6.45) is 1.15. The normalized spacial score (nSPS) is 11.4. The lowest BCUT2D eigenvalue weighted by Crippen LogP contribution is -2.24. The summed E-state index contributed by atoms with van der Waals surface area (Å²) in [6.45, 7) is 7.24. The molecule has 3 aromatic rings. The van der Waals surface area contributed by atoms with Crippen molar-refractivity contribution in [3.63, 3.8) is 0 Å². The number of carbonyl (C=O) groups is 1. The molecule has 0 aliphatic heterocycles. The molecular formula is C17H21N5O3S. The van der Waals surface area contributed by atoms with Crippen LogP contribution in [0.4, 0.5) is 5.13 Å². The molecule has 138 valence electrons. The van der Waals surface area contributed by atoms with E-state index in [0.29, 0.717) is 24.9 Å². The van der Waals surface area contributed by atoms with Crippen LogP contribution in [0, 0.1) is 6.92 Å². The second kappa shape index (κ2) is 8.35. The average Bonchev–Trinajstić information content (AvgIpc) is 3.21. The molecule has 9 heteroatoms. The Kier molecular flexibility index (Phi) is 5.92. The third-order valence-electron chi connectivity index (χ3n) is 3.58. The van der Waals surface area contributed by atoms with Gasteiger partial charge in [-0.25, -0.2) is 9.67 Å². The van der Waals surface area contributed by atoms with Crippen molar-refractivity contribution in [3.8, 4) is 0 Å². The number of amides is 1. The number of nitrogens with one attached hydrogen (secondary N) is 1. The lowest BCUT2D eigenvalue weighted by molar-refractivity contribution is -0.145. The van der Waals surface area contributed by atoms with Crippen LogP contribution >= 0.6 is 11.3 Å². The molecular weight excluding hydrogens is 354 g/mol.